The number of carbonyl (C=O) groups is 2. The van der Waals surface area contributed by atoms with Gasteiger partial charge in [0, 0.05) is 18.0 Å². The molecule has 0 aliphatic rings. The summed E-state index contributed by atoms with van der Waals surface area (Å²) in [4.78, 5) is 28.9. The quantitative estimate of drug-likeness (QED) is 0.514. The summed E-state index contributed by atoms with van der Waals surface area (Å²) in [5, 5.41) is 2.99. The molecule has 0 fully saturated rings. The average Bonchev–Trinajstić information content (AvgIpc) is 2.77. The van der Waals surface area contributed by atoms with Crippen molar-refractivity contribution in [2.75, 3.05) is 19.4 Å². The van der Waals surface area contributed by atoms with E-state index in [1.54, 1.807) is 12.0 Å². The molecule has 0 radical (unpaired) electrons. The Morgan fingerprint density at radius 3 is 2.26 bits per heavy atom. The summed E-state index contributed by atoms with van der Waals surface area (Å²) in [6.45, 7) is 9.07. The molecule has 0 saturated carbocycles. The van der Waals surface area contributed by atoms with Gasteiger partial charge in [-0.1, -0.05) is 50.6 Å². The number of nitrogens with one attached hydrogen (secondary N) is 1. The lowest BCUT2D eigenvalue weighted by Gasteiger charge is -2.31. The zero-order chi connectivity index (χ0) is 22.8. The fraction of sp³-hybridized carbons (Fsp3) is 0.440. The van der Waals surface area contributed by atoms with Crippen LogP contribution in [-0.4, -0.2) is 42.2 Å². The van der Waals surface area contributed by atoms with Crippen molar-refractivity contribution in [2.45, 2.75) is 51.6 Å². The number of methoxy groups -OCH3 is 1. The fourth-order valence-corrected chi connectivity index (χ4v) is 3.92. The van der Waals surface area contributed by atoms with Gasteiger partial charge in [-0.3, -0.25) is 9.59 Å². The first-order chi connectivity index (χ1) is 14.8. The second-order valence-electron chi connectivity index (χ2n) is 8.03. The zero-order valence-corrected chi connectivity index (χ0v) is 20.0. The van der Waals surface area contributed by atoms with Crippen LogP contribution >= 0.6 is 11.8 Å². The Hall–Kier alpha value is -2.47. The Bertz CT molecular complexity index is 835. The summed E-state index contributed by atoms with van der Waals surface area (Å²) in [7, 11) is 1.62. The number of thioether (sulfide) groups is 1. The summed E-state index contributed by atoms with van der Waals surface area (Å²) >= 11 is 1.50. The van der Waals surface area contributed by atoms with Gasteiger partial charge in [0.05, 0.1) is 12.9 Å². The predicted molar refractivity (Wildman–Crippen MR) is 127 cm³/mol. The highest BCUT2D eigenvalue weighted by molar-refractivity contribution is 8.00. The van der Waals surface area contributed by atoms with E-state index in [-0.39, 0.29) is 17.6 Å². The van der Waals surface area contributed by atoms with Crippen molar-refractivity contribution < 1.29 is 14.3 Å². The highest BCUT2D eigenvalue weighted by Crippen LogP contribution is 2.21. The number of nitrogens with zero attached hydrogens (tertiary/aromatic N) is 1. The molecule has 6 heteroatoms. The molecule has 0 heterocycles. The van der Waals surface area contributed by atoms with Crippen LogP contribution in [0.2, 0.25) is 0 Å². The van der Waals surface area contributed by atoms with E-state index in [2.05, 4.69) is 19.2 Å². The van der Waals surface area contributed by atoms with E-state index in [0.29, 0.717) is 25.4 Å². The molecule has 31 heavy (non-hydrogen) atoms. The SMILES string of the molecule is CC[C@@H](C(=O)NCC(C)C)N(Cc1ccc(OC)cc1)C(=O)CSc1ccc(C)cc1. The number of carbonyl (C=O) groups excluding carboxylic acids is 2. The molecule has 2 amide bonds. The molecule has 0 saturated heterocycles. The maximum atomic E-state index is 13.3. The molecule has 0 spiro atoms. The molecule has 2 rings (SSSR count). The van der Waals surface area contributed by atoms with Gasteiger partial charge in [-0.15, -0.1) is 11.8 Å². The third-order valence-electron chi connectivity index (χ3n) is 4.97. The molecule has 168 valence electrons. The van der Waals surface area contributed by atoms with Crippen molar-refractivity contribution in [3.8, 4) is 5.75 Å². The number of benzene rings is 2. The minimum Gasteiger partial charge on any atom is -0.497 e. The Morgan fingerprint density at radius 1 is 1.06 bits per heavy atom. The molecule has 5 nitrogen and oxygen atoms in total. The van der Waals surface area contributed by atoms with Gasteiger partial charge in [0.2, 0.25) is 11.8 Å². The molecule has 2 aromatic carbocycles. The molecular formula is C25H34N2O3S. The highest BCUT2D eigenvalue weighted by Gasteiger charge is 2.28. The van der Waals surface area contributed by atoms with Crippen LogP contribution in [0, 0.1) is 12.8 Å². The fourth-order valence-electron chi connectivity index (χ4n) is 3.13. The Morgan fingerprint density at radius 2 is 1.71 bits per heavy atom. The monoisotopic (exact) mass is 442 g/mol. The van der Waals surface area contributed by atoms with E-state index in [9.17, 15) is 9.59 Å². The second kappa shape index (κ2) is 12.4. The van der Waals surface area contributed by atoms with Gasteiger partial charge in [0.15, 0.2) is 0 Å². The normalized spacial score (nSPS) is 11.8. The average molecular weight is 443 g/mol. The molecule has 1 atom stereocenters. The lowest BCUT2D eigenvalue weighted by molar-refractivity contribution is -0.139. The number of rotatable bonds is 11. The molecule has 0 aliphatic carbocycles. The number of hydrogen-bond acceptors (Lipinski definition) is 4. The van der Waals surface area contributed by atoms with Crippen LogP contribution in [0.5, 0.6) is 5.75 Å². The molecule has 0 unspecified atom stereocenters. The molecule has 0 aromatic heterocycles. The van der Waals surface area contributed by atoms with Crippen LogP contribution < -0.4 is 10.1 Å². The van der Waals surface area contributed by atoms with Crippen molar-refractivity contribution in [3.05, 3.63) is 59.7 Å². The van der Waals surface area contributed by atoms with Crippen LogP contribution in [0.3, 0.4) is 0 Å². The standard InChI is InChI=1S/C25H34N2O3S/c1-6-23(25(29)26-15-18(2)3)27(16-20-9-11-21(30-5)12-10-20)24(28)17-31-22-13-7-19(4)8-14-22/h7-14,18,23H,6,15-17H2,1-5H3,(H,26,29)/t23-/m0/s1. The number of aryl methyl sites for hydroxylation is 1. The van der Waals surface area contributed by atoms with E-state index in [4.69, 9.17) is 4.74 Å². The Labute approximate surface area is 190 Å². The van der Waals surface area contributed by atoms with E-state index < -0.39 is 6.04 Å². The van der Waals surface area contributed by atoms with E-state index in [0.717, 1.165) is 16.2 Å². The van der Waals surface area contributed by atoms with Crippen molar-refractivity contribution >= 4 is 23.6 Å². The van der Waals surface area contributed by atoms with Gasteiger partial charge >= 0.3 is 0 Å². The number of hydrogen-bond donors (Lipinski definition) is 1. The van der Waals surface area contributed by atoms with Crippen LogP contribution in [0.25, 0.3) is 0 Å². The van der Waals surface area contributed by atoms with Gasteiger partial charge in [-0.2, -0.15) is 0 Å². The van der Waals surface area contributed by atoms with Gasteiger partial charge in [-0.05, 0) is 49.1 Å². The third kappa shape index (κ3) is 7.94. The van der Waals surface area contributed by atoms with Crippen LogP contribution in [0.15, 0.2) is 53.4 Å². The summed E-state index contributed by atoms with van der Waals surface area (Å²) in [6, 6.07) is 15.2. The second-order valence-corrected chi connectivity index (χ2v) is 9.08. The smallest absolute Gasteiger partial charge is 0.242 e. The summed E-state index contributed by atoms with van der Waals surface area (Å²) in [6.07, 6.45) is 0.557. The summed E-state index contributed by atoms with van der Waals surface area (Å²) in [5.41, 5.74) is 2.15. The predicted octanol–water partition coefficient (Wildman–Crippen LogP) is 4.68. The topological polar surface area (TPSA) is 58.6 Å². The first-order valence-electron chi connectivity index (χ1n) is 10.7. The maximum Gasteiger partial charge on any atom is 0.242 e. The van der Waals surface area contributed by atoms with E-state index in [1.807, 2.05) is 62.4 Å². The van der Waals surface area contributed by atoms with Gasteiger partial charge in [0.25, 0.3) is 0 Å². The van der Waals surface area contributed by atoms with Crippen molar-refractivity contribution in [2.24, 2.45) is 5.92 Å². The number of amides is 2. The lowest BCUT2D eigenvalue weighted by atomic mass is 10.1. The first-order valence-corrected chi connectivity index (χ1v) is 11.7. The van der Waals surface area contributed by atoms with E-state index >= 15 is 0 Å². The Balaban J connectivity index is 2.18. The van der Waals surface area contributed by atoms with Gasteiger partial charge in [0.1, 0.15) is 11.8 Å². The van der Waals surface area contributed by atoms with Crippen molar-refractivity contribution in [1.29, 1.82) is 0 Å². The molecule has 1 N–H and O–H groups in total. The van der Waals surface area contributed by atoms with Crippen molar-refractivity contribution in [3.63, 3.8) is 0 Å². The zero-order valence-electron chi connectivity index (χ0n) is 19.2. The molecule has 2 aromatic rings. The Kier molecular flexibility index (Phi) is 9.92. The van der Waals surface area contributed by atoms with Crippen LogP contribution in [0.1, 0.15) is 38.3 Å². The van der Waals surface area contributed by atoms with Crippen LogP contribution in [-0.2, 0) is 16.1 Å². The third-order valence-corrected chi connectivity index (χ3v) is 5.96. The summed E-state index contributed by atoms with van der Waals surface area (Å²) < 4.78 is 5.23. The molecule has 0 bridgehead atoms. The van der Waals surface area contributed by atoms with Gasteiger partial charge in [-0.25, -0.2) is 0 Å². The van der Waals surface area contributed by atoms with Crippen LogP contribution in [0.4, 0.5) is 0 Å². The lowest BCUT2D eigenvalue weighted by Crippen LogP contribution is -2.50. The number of ether oxygens (including phenoxy) is 1. The van der Waals surface area contributed by atoms with E-state index in [1.165, 1.54) is 17.3 Å². The van der Waals surface area contributed by atoms with Crippen molar-refractivity contribution in [1.82, 2.24) is 10.2 Å². The maximum absolute atomic E-state index is 13.3. The highest BCUT2D eigenvalue weighted by atomic mass is 32.2. The minimum atomic E-state index is -0.507. The molecule has 0 aliphatic heterocycles. The largest absolute Gasteiger partial charge is 0.497 e. The molecular weight excluding hydrogens is 408 g/mol. The minimum absolute atomic E-state index is 0.0482. The van der Waals surface area contributed by atoms with Gasteiger partial charge < -0.3 is 15.0 Å². The summed E-state index contributed by atoms with van der Waals surface area (Å²) in [5.74, 6) is 1.25. The first kappa shape index (κ1) is 24.8.